The second-order valence-corrected chi connectivity index (χ2v) is 4.78. The molecule has 17 heavy (non-hydrogen) atoms. The van der Waals surface area contributed by atoms with Gasteiger partial charge in [-0.1, -0.05) is 49.1 Å². The zero-order chi connectivity index (χ0) is 11.7. The lowest BCUT2D eigenvalue weighted by Gasteiger charge is -2.10. The van der Waals surface area contributed by atoms with Crippen molar-refractivity contribution < 1.29 is 4.74 Å². The SMILES string of the molecule is C=Cc1ccccc1C#C[C@]12CCCC[C@H]1O2. The fourth-order valence-corrected chi connectivity index (χ4v) is 2.58. The molecule has 0 unspecified atom stereocenters. The summed E-state index contributed by atoms with van der Waals surface area (Å²) in [5.41, 5.74) is 2.05. The molecule has 1 heteroatoms. The Labute approximate surface area is 102 Å². The maximum atomic E-state index is 5.76. The molecule has 1 saturated carbocycles. The lowest BCUT2D eigenvalue weighted by atomic mass is 9.89. The van der Waals surface area contributed by atoms with Crippen molar-refractivity contribution >= 4 is 6.08 Å². The molecular formula is C16H16O. The second kappa shape index (κ2) is 4.05. The van der Waals surface area contributed by atoms with Crippen LogP contribution in [0.4, 0.5) is 0 Å². The Kier molecular flexibility index (Phi) is 2.53. The number of hydrogen-bond acceptors (Lipinski definition) is 1. The summed E-state index contributed by atoms with van der Waals surface area (Å²) < 4.78 is 5.76. The van der Waals surface area contributed by atoms with Gasteiger partial charge in [0.1, 0.15) is 0 Å². The van der Waals surface area contributed by atoms with Crippen LogP contribution in [0, 0.1) is 11.8 Å². The van der Waals surface area contributed by atoms with E-state index in [0.717, 1.165) is 17.5 Å². The van der Waals surface area contributed by atoms with Crippen LogP contribution in [0.5, 0.6) is 0 Å². The zero-order valence-electron chi connectivity index (χ0n) is 9.91. The van der Waals surface area contributed by atoms with Gasteiger partial charge in [0.25, 0.3) is 0 Å². The first-order chi connectivity index (χ1) is 8.34. The topological polar surface area (TPSA) is 12.5 Å². The van der Waals surface area contributed by atoms with Crippen LogP contribution in [0.1, 0.15) is 36.8 Å². The predicted octanol–water partition coefficient (Wildman–Crippen LogP) is 3.39. The third-order valence-electron chi connectivity index (χ3n) is 3.67. The summed E-state index contributed by atoms with van der Waals surface area (Å²) in [6.07, 6.45) is 7.07. The average Bonchev–Trinajstić information content (AvgIpc) is 3.11. The Bertz CT molecular complexity index is 506. The number of benzene rings is 1. The maximum Gasteiger partial charge on any atom is 0.155 e. The van der Waals surface area contributed by atoms with Crippen LogP contribution in [0.15, 0.2) is 30.8 Å². The van der Waals surface area contributed by atoms with Gasteiger partial charge >= 0.3 is 0 Å². The van der Waals surface area contributed by atoms with Gasteiger partial charge in [-0.2, -0.15) is 0 Å². The molecule has 0 amide bonds. The molecule has 0 radical (unpaired) electrons. The zero-order valence-corrected chi connectivity index (χ0v) is 9.91. The van der Waals surface area contributed by atoms with E-state index < -0.39 is 0 Å². The molecule has 0 aromatic heterocycles. The van der Waals surface area contributed by atoms with Gasteiger partial charge in [0.05, 0.1) is 6.10 Å². The molecule has 1 heterocycles. The summed E-state index contributed by atoms with van der Waals surface area (Å²) >= 11 is 0. The first-order valence-electron chi connectivity index (χ1n) is 6.26. The normalized spacial score (nSPS) is 29.8. The maximum absolute atomic E-state index is 5.76. The molecule has 1 aromatic rings. The van der Waals surface area contributed by atoms with Crippen molar-refractivity contribution in [2.24, 2.45) is 0 Å². The number of fused-ring (bicyclic) bond motifs is 1. The van der Waals surface area contributed by atoms with E-state index >= 15 is 0 Å². The quantitative estimate of drug-likeness (QED) is 0.526. The van der Waals surface area contributed by atoms with Crippen molar-refractivity contribution in [1.82, 2.24) is 0 Å². The van der Waals surface area contributed by atoms with E-state index in [-0.39, 0.29) is 5.60 Å². The molecule has 0 bridgehead atoms. The minimum atomic E-state index is -0.105. The summed E-state index contributed by atoms with van der Waals surface area (Å²) in [6.45, 7) is 3.82. The summed E-state index contributed by atoms with van der Waals surface area (Å²) in [6, 6.07) is 8.11. The molecule has 2 aliphatic rings. The van der Waals surface area contributed by atoms with Crippen molar-refractivity contribution in [3.05, 3.63) is 42.0 Å². The van der Waals surface area contributed by atoms with E-state index in [4.69, 9.17) is 4.74 Å². The first kappa shape index (κ1) is 10.6. The molecule has 0 spiro atoms. The molecule has 2 atom stereocenters. The van der Waals surface area contributed by atoms with Crippen LogP contribution < -0.4 is 0 Å². The lowest BCUT2D eigenvalue weighted by Crippen LogP contribution is -2.16. The Morgan fingerprint density at radius 2 is 2.24 bits per heavy atom. The highest BCUT2D eigenvalue weighted by Crippen LogP contribution is 2.47. The molecule has 1 nitrogen and oxygen atoms in total. The smallest absolute Gasteiger partial charge is 0.155 e. The molecule has 86 valence electrons. The van der Waals surface area contributed by atoms with Gasteiger partial charge in [0.2, 0.25) is 0 Å². The molecule has 3 rings (SSSR count). The van der Waals surface area contributed by atoms with Gasteiger partial charge in [-0.15, -0.1) is 0 Å². The number of hydrogen-bond donors (Lipinski definition) is 0. The fourth-order valence-electron chi connectivity index (χ4n) is 2.58. The van der Waals surface area contributed by atoms with Crippen LogP contribution in [0.2, 0.25) is 0 Å². The van der Waals surface area contributed by atoms with E-state index in [2.05, 4.69) is 18.4 Å². The van der Waals surface area contributed by atoms with Crippen LogP contribution in [-0.4, -0.2) is 11.7 Å². The number of rotatable bonds is 1. The van der Waals surface area contributed by atoms with E-state index in [1.54, 1.807) is 0 Å². The molecule has 1 aliphatic carbocycles. The molecule has 2 fully saturated rings. The minimum Gasteiger partial charge on any atom is -0.352 e. The summed E-state index contributed by atoms with van der Waals surface area (Å²) in [5.74, 6) is 6.61. The first-order valence-corrected chi connectivity index (χ1v) is 6.26. The lowest BCUT2D eigenvalue weighted by molar-refractivity contribution is 0.336. The highest BCUT2D eigenvalue weighted by Gasteiger charge is 2.56. The third kappa shape index (κ3) is 1.90. The Morgan fingerprint density at radius 3 is 3.06 bits per heavy atom. The van der Waals surface area contributed by atoms with Crippen LogP contribution >= 0.6 is 0 Å². The van der Waals surface area contributed by atoms with Crippen LogP contribution in [-0.2, 0) is 4.74 Å². The monoisotopic (exact) mass is 224 g/mol. The van der Waals surface area contributed by atoms with Gasteiger partial charge in [0.15, 0.2) is 5.60 Å². The molecule has 1 aliphatic heterocycles. The predicted molar refractivity (Wildman–Crippen MR) is 69.5 cm³/mol. The van der Waals surface area contributed by atoms with Crippen molar-refractivity contribution in [3.63, 3.8) is 0 Å². The van der Waals surface area contributed by atoms with E-state index in [1.807, 2.05) is 30.3 Å². The van der Waals surface area contributed by atoms with Gasteiger partial charge in [-0.3, -0.25) is 0 Å². The minimum absolute atomic E-state index is 0.105. The van der Waals surface area contributed by atoms with E-state index in [0.29, 0.717) is 6.10 Å². The Morgan fingerprint density at radius 1 is 1.35 bits per heavy atom. The summed E-state index contributed by atoms with van der Waals surface area (Å²) in [5, 5.41) is 0. The largest absolute Gasteiger partial charge is 0.352 e. The number of ether oxygens (including phenoxy) is 1. The molecule has 1 saturated heterocycles. The average molecular weight is 224 g/mol. The fraction of sp³-hybridized carbons (Fsp3) is 0.375. The Hall–Kier alpha value is -1.52. The van der Waals surface area contributed by atoms with Crippen LogP contribution in [0.3, 0.4) is 0 Å². The van der Waals surface area contributed by atoms with Crippen molar-refractivity contribution in [2.45, 2.75) is 37.4 Å². The third-order valence-corrected chi connectivity index (χ3v) is 3.67. The van der Waals surface area contributed by atoms with E-state index in [9.17, 15) is 0 Å². The number of epoxide rings is 1. The molecule has 0 N–H and O–H groups in total. The highest BCUT2D eigenvalue weighted by molar-refractivity contribution is 5.58. The Balaban J connectivity index is 1.86. The molecule has 1 aromatic carbocycles. The highest BCUT2D eigenvalue weighted by atomic mass is 16.6. The van der Waals surface area contributed by atoms with Crippen molar-refractivity contribution in [1.29, 1.82) is 0 Å². The van der Waals surface area contributed by atoms with Gasteiger partial charge in [-0.25, -0.2) is 0 Å². The summed E-state index contributed by atoms with van der Waals surface area (Å²) in [4.78, 5) is 0. The van der Waals surface area contributed by atoms with Gasteiger partial charge in [0, 0.05) is 5.56 Å². The van der Waals surface area contributed by atoms with Crippen molar-refractivity contribution in [3.8, 4) is 11.8 Å². The second-order valence-electron chi connectivity index (χ2n) is 4.78. The van der Waals surface area contributed by atoms with Gasteiger partial charge < -0.3 is 4.74 Å². The van der Waals surface area contributed by atoms with Crippen LogP contribution in [0.25, 0.3) is 6.08 Å². The molecular weight excluding hydrogens is 208 g/mol. The standard InChI is InChI=1S/C16H16O/c1-2-13-7-3-4-8-14(13)10-12-16-11-6-5-9-15(16)17-16/h2-4,7-8,15H,1,5-6,9,11H2/t15-,16-/m1/s1. The van der Waals surface area contributed by atoms with E-state index in [1.165, 1.54) is 19.3 Å². The summed E-state index contributed by atoms with van der Waals surface area (Å²) in [7, 11) is 0. The van der Waals surface area contributed by atoms with Gasteiger partial charge in [-0.05, 0) is 30.9 Å². The van der Waals surface area contributed by atoms with Crippen molar-refractivity contribution in [2.75, 3.05) is 0 Å².